The van der Waals surface area contributed by atoms with Crippen molar-refractivity contribution in [1.82, 2.24) is 10.2 Å². The molecule has 3 aliphatic heterocycles. The lowest BCUT2D eigenvalue weighted by atomic mass is 10.0. The highest BCUT2D eigenvalue weighted by Gasteiger charge is 2.59. The fourth-order valence-electron chi connectivity index (χ4n) is 3.19. The van der Waals surface area contributed by atoms with Crippen molar-refractivity contribution in [2.75, 3.05) is 5.75 Å². The van der Waals surface area contributed by atoms with Crippen LogP contribution in [0.4, 0.5) is 0 Å². The molecule has 24 heavy (non-hydrogen) atoms. The van der Waals surface area contributed by atoms with E-state index in [0.29, 0.717) is 5.57 Å². The molecule has 0 radical (unpaired) electrons. The average molecular weight is 366 g/mol. The van der Waals surface area contributed by atoms with Gasteiger partial charge < -0.3 is 10.1 Å². The average Bonchev–Trinajstić information content (AvgIpc) is 3.12. The number of fused-ring (bicyclic) bond motifs is 2. The summed E-state index contributed by atoms with van der Waals surface area (Å²) in [6.45, 7) is 1.70. The van der Waals surface area contributed by atoms with E-state index in [9.17, 15) is 18.6 Å². The van der Waals surface area contributed by atoms with Crippen LogP contribution in [0.3, 0.4) is 0 Å². The van der Waals surface area contributed by atoms with E-state index in [1.54, 1.807) is 6.92 Å². The van der Waals surface area contributed by atoms with Crippen LogP contribution >= 0.6 is 11.3 Å². The fraction of sp³-hybridized carbons (Fsp3) is 0.400. The highest BCUT2D eigenvalue weighted by Crippen LogP contribution is 2.39. The van der Waals surface area contributed by atoms with Crippen molar-refractivity contribution in [3.63, 3.8) is 0 Å². The molecule has 1 saturated heterocycles. The van der Waals surface area contributed by atoms with E-state index < -0.39 is 40.2 Å². The van der Waals surface area contributed by atoms with Crippen molar-refractivity contribution in [2.45, 2.75) is 30.9 Å². The standard InChI is InChI=1S/C15H14N2O5S2/c1-7-9-6-24(21)14-11(13(19)17(14)12(9)15(20)22-7)16-10(18)5-8-3-2-4-23-8/h2-4,7,11,14H,5-6H2,1H3,(H,16,18)/t7?,11-,14+,24?/m1/s1. The molecule has 2 amide bonds. The van der Waals surface area contributed by atoms with Gasteiger partial charge in [-0.1, -0.05) is 6.07 Å². The minimum absolute atomic E-state index is 0.174. The maximum absolute atomic E-state index is 12.5. The number of β-lactam (4-membered cyclic amide) rings is 1. The molecule has 7 nitrogen and oxygen atoms in total. The van der Waals surface area contributed by atoms with Crippen molar-refractivity contribution >= 4 is 39.9 Å². The Bertz CT molecular complexity index is 801. The van der Waals surface area contributed by atoms with Crippen molar-refractivity contribution < 1.29 is 23.3 Å². The Balaban J connectivity index is 1.52. The molecule has 9 heteroatoms. The smallest absolute Gasteiger partial charge is 0.355 e. The molecule has 0 aliphatic carbocycles. The van der Waals surface area contributed by atoms with Gasteiger partial charge in [-0.25, -0.2) is 4.79 Å². The number of amides is 2. The third-order valence-corrected chi connectivity index (χ3v) is 6.85. The predicted molar refractivity (Wildman–Crippen MR) is 86.2 cm³/mol. The van der Waals surface area contributed by atoms with Crippen LogP contribution in [-0.2, 0) is 36.3 Å². The third-order valence-electron chi connectivity index (χ3n) is 4.35. The Kier molecular flexibility index (Phi) is 3.57. The molecule has 2 unspecified atom stereocenters. The molecule has 0 saturated carbocycles. The van der Waals surface area contributed by atoms with Crippen molar-refractivity contribution in [2.24, 2.45) is 0 Å². The molecular formula is C15H14N2O5S2. The Hall–Kier alpha value is -2.00. The zero-order chi connectivity index (χ0) is 17.0. The maximum atomic E-state index is 12.5. The van der Waals surface area contributed by atoms with Crippen LogP contribution in [0.1, 0.15) is 11.8 Å². The summed E-state index contributed by atoms with van der Waals surface area (Å²) < 4.78 is 17.6. The highest BCUT2D eigenvalue weighted by atomic mass is 32.2. The van der Waals surface area contributed by atoms with Gasteiger partial charge in [0, 0.05) is 10.5 Å². The summed E-state index contributed by atoms with van der Waals surface area (Å²) in [7, 11) is -1.38. The minimum Gasteiger partial charge on any atom is -0.453 e. The monoisotopic (exact) mass is 366 g/mol. The van der Waals surface area contributed by atoms with E-state index in [0.717, 1.165) is 4.88 Å². The zero-order valence-electron chi connectivity index (χ0n) is 12.7. The molecule has 1 N–H and O–H groups in total. The first-order valence-corrected chi connectivity index (χ1v) is 9.69. The number of cyclic esters (lactones) is 1. The molecule has 0 spiro atoms. The van der Waals surface area contributed by atoms with E-state index in [1.165, 1.54) is 16.2 Å². The topological polar surface area (TPSA) is 92.8 Å². The zero-order valence-corrected chi connectivity index (χ0v) is 14.3. The second-order valence-corrected chi connectivity index (χ2v) is 8.41. The van der Waals surface area contributed by atoms with Crippen LogP contribution in [0.2, 0.25) is 0 Å². The highest BCUT2D eigenvalue weighted by molar-refractivity contribution is 7.86. The number of nitrogens with one attached hydrogen (secondary N) is 1. The molecule has 1 fully saturated rings. The Morgan fingerprint density at radius 3 is 3.00 bits per heavy atom. The molecule has 3 aliphatic rings. The summed E-state index contributed by atoms with van der Waals surface area (Å²) >= 11 is 1.46. The lowest BCUT2D eigenvalue weighted by Gasteiger charge is -2.48. The summed E-state index contributed by atoms with van der Waals surface area (Å²) in [5, 5.41) is 3.83. The summed E-state index contributed by atoms with van der Waals surface area (Å²) in [4.78, 5) is 38.6. The molecule has 1 aromatic rings. The lowest BCUT2D eigenvalue weighted by Crippen LogP contribution is -2.73. The van der Waals surface area contributed by atoms with Crippen molar-refractivity contribution in [3.8, 4) is 0 Å². The molecule has 126 valence electrons. The number of thiophene rings is 1. The molecular weight excluding hydrogens is 352 g/mol. The molecule has 4 heterocycles. The first-order valence-electron chi connectivity index (χ1n) is 7.43. The predicted octanol–water partition coefficient (Wildman–Crippen LogP) is -0.0946. The molecule has 4 rings (SSSR count). The van der Waals surface area contributed by atoms with Crippen molar-refractivity contribution in [1.29, 1.82) is 0 Å². The Morgan fingerprint density at radius 1 is 1.50 bits per heavy atom. The number of carbonyl (C=O) groups excluding carboxylic acids is 3. The Labute approximate surface area is 144 Å². The lowest BCUT2D eigenvalue weighted by molar-refractivity contribution is -0.151. The number of hydrogen-bond donors (Lipinski definition) is 1. The van der Waals surface area contributed by atoms with Crippen LogP contribution in [-0.4, -0.2) is 50.2 Å². The second-order valence-electron chi connectivity index (χ2n) is 5.85. The number of ether oxygens (including phenoxy) is 1. The number of rotatable bonds is 3. The van der Waals surface area contributed by atoms with E-state index in [4.69, 9.17) is 4.74 Å². The van der Waals surface area contributed by atoms with Gasteiger partial charge in [-0.05, 0) is 18.4 Å². The van der Waals surface area contributed by atoms with Gasteiger partial charge in [0.1, 0.15) is 23.2 Å². The Morgan fingerprint density at radius 2 is 2.29 bits per heavy atom. The largest absolute Gasteiger partial charge is 0.453 e. The summed E-state index contributed by atoms with van der Waals surface area (Å²) in [6, 6.07) is 2.84. The quantitative estimate of drug-likeness (QED) is 0.596. The summed E-state index contributed by atoms with van der Waals surface area (Å²) in [5.74, 6) is -1.08. The maximum Gasteiger partial charge on any atom is 0.355 e. The first-order chi connectivity index (χ1) is 11.5. The van der Waals surface area contributed by atoms with Gasteiger partial charge in [-0.2, -0.15) is 0 Å². The molecule has 1 aromatic heterocycles. The SMILES string of the molecule is CC1OC(=O)C2=C1CS(=O)[C@H]1[C@H](NC(=O)Cc3cccs3)C(=O)N21. The molecule has 0 aromatic carbocycles. The van der Waals surface area contributed by atoms with Gasteiger partial charge in [-0.3, -0.25) is 18.7 Å². The number of esters is 1. The van der Waals surface area contributed by atoms with Crippen molar-refractivity contribution in [3.05, 3.63) is 33.7 Å². The normalized spacial score (nSPS) is 31.3. The second kappa shape index (κ2) is 5.52. The van der Waals surface area contributed by atoms with Crippen LogP contribution in [0.25, 0.3) is 0 Å². The van der Waals surface area contributed by atoms with Crippen LogP contribution < -0.4 is 5.32 Å². The van der Waals surface area contributed by atoms with E-state index >= 15 is 0 Å². The number of hydrogen-bond acceptors (Lipinski definition) is 6. The summed E-state index contributed by atoms with van der Waals surface area (Å²) in [6.07, 6.45) is -0.286. The fourth-order valence-corrected chi connectivity index (χ4v) is 5.67. The number of nitrogens with zero attached hydrogens (tertiary/aromatic N) is 1. The van der Waals surface area contributed by atoms with Gasteiger partial charge >= 0.3 is 5.97 Å². The molecule has 4 atom stereocenters. The van der Waals surface area contributed by atoms with Crippen LogP contribution in [0, 0.1) is 0 Å². The first kappa shape index (κ1) is 15.5. The third kappa shape index (κ3) is 2.22. The van der Waals surface area contributed by atoms with Crippen LogP contribution in [0.15, 0.2) is 28.8 Å². The van der Waals surface area contributed by atoms with Gasteiger partial charge in [0.05, 0.1) is 23.0 Å². The van der Waals surface area contributed by atoms with Gasteiger partial charge in [0.2, 0.25) is 5.91 Å². The number of carbonyl (C=O) groups is 3. The van der Waals surface area contributed by atoms with E-state index in [2.05, 4.69) is 5.32 Å². The van der Waals surface area contributed by atoms with Gasteiger partial charge in [-0.15, -0.1) is 11.3 Å². The summed E-state index contributed by atoms with van der Waals surface area (Å²) in [5.41, 5.74) is 0.812. The molecule has 0 bridgehead atoms. The van der Waals surface area contributed by atoms with Crippen LogP contribution in [0.5, 0.6) is 0 Å². The minimum atomic E-state index is -1.38. The van der Waals surface area contributed by atoms with Gasteiger partial charge in [0.25, 0.3) is 5.91 Å². The van der Waals surface area contributed by atoms with E-state index in [1.807, 2.05) is 17.5 Å². The van der Waals surface area contributed by atoms with Gasteiger partial charge in [0.15, 0.2) is 0 Å². The van der Waals surface area contributed by atoms with E-state index in [-0.39, 0.29) is 23.8 Å².